The molecule has 0 bridgehead atoms. The van der Waals surface area contributed by atoms with E-state index in [-0.39, 0.29) is 0 Å². The maximum absolute atomic E-state index is 11.1. The van der Waals surface area contributed by atoms with Crippen molar-refractivity contribution < 1.29 is 9.90 Å². The molecule has 0 amide bonds. The number of H-pyrrole nitrogens is 1. The van der Waals surface area contributed by atoms with Crippen molar-refractivity contribution in [3.05, 3.63) is 59.8 Å². The highest BCUT2D eigenvalue weighted by Crippen LogP contribution is 2.29. The van der Waals surface area contributed by atoms with Crippen molar-refractivity contribution in [1.29, 1.82) is 0 Å². The maximum atomic E-state index is 11.1. The fourth-order valence-electron chi connectivity index (χ4n) is 2.31. The Balaban J connectivity index is 2.24. The monoisotopic (exact) mass is 251 g/mol. The molecular weight excluding hydrogens is 238 g/mol. The highest BCUT2D eigenvalue weighted by molar-refractivity contribution is 6.00. The average molecular weight is 251 g/mol. The number of carboxylic acid groups (broad SMARTS) is 1. The second kappa shape index (κ2) is 4.28. The number of hydrogen-bond donors (Lipinski definition) is 2. The summed E-state index contributed by atoms with van der Waals surface area (Å²) in [4.78, 5) is 14.2. The first kappa shape index (κ1) is 11.5. The molecule has 3 rings (SSSR count). The van der Waals surface area contributed by atoms with Gasteiger partial charge in [-0.1, -0.05) is 29.8 Å². The van der Waals surface area contributed by atoms with Crippen LogP contribution in [0.5, 0.6) is 0 Å². The van der Waals surface area contributed by atoms with Gasteiger partial charge in [0.05, 0.1) is 5.56 Å². The molecule has 1 heterocycles. The van der Waals surface area contributed by atoms with E-state index < -0.39 is 5.97 Å². The van der Waals surface area contributed by atoms with E-state index in [4.69, 9.17) is 5.11 Å². The van der Waals surface area contributed by atoms with Gasteiger partial charge in [0.25, 0.3) is 0 Å². The SMILES string of the molecule is Cc1cccc(-c2c[nH]c3ccc(C(=O)O)cc23)c1. The van der Waals surface area contributed by atoms with E-state index in [1.54, 1.807) is 18.2 Å². The highest BCUT2D eigenvalue weighted by atomic mass is 16.4. The third kappa shape index (κ3) is 1.99. The van der Waals surface area contributed by atoms with Crippen molar-refractivity contribution in [2.75, 3.05) is 0 Å². The summed E-state index contributed by atoms with van der Waals surface area (Å²) in [5.41, 5.74) is 4.55. The molecule has 0 saturated carbocycles. The van der Waals surface area contributed by atoms with Crippen LogP contribution in [0.25, 0.3) is 22.0 Å². The predicted octanol–water partition coefficient (Wildman–Crippen LogP) is 3.84. The Kier molecular flexibility index (Phi) is 2.60. The number of aromatic carboxylic acids is 1. The van der Waals surface area contributed by atoms with Gasteiger partial charge in [0, 0.05) is 22.7 Å². The Bertz CT molecular complexity index is 771. The van der Waals surface area contributed by atoms with E-state index >= 15 is 0 Å². The minimum Gasteiger partial charge on any atom is -0.478 e. The van der Waals surface area contributed by atoms with Crippen LogP contribution in [-0.2, 0) is 0 Å². The topological polar surface area (TPSA) is 53.1 Å². The van der Waals surface area contributed by atoms with Gasteiger partial charge in [-0.3, -0.25) is 0 Å². The van der Waals surface area contributed by atoms with Gasteiger partial charge in [-0.25, -0.2) is 4.79 Å². The van der Waals surface area contributed by atoms with Gasteiger partial charge in [0.2, 0.25) is 0 Å². The molecule has 0 spiro atoms. The second-order valence-electron chi connectivity index (χ2n) is 4.64. The molecule has 1 aromatic heterocycles. The molecule has 2 aromatic carbocycles. The Hall–Kier alpha value is -2.55. The normalized spacial score (nSPS) is 10.8. The van der Waals surface area contributed by atoms with E-state index in [0.29, 0.717) is 5.56 Å². The van der Waals surface area contributed by atoms with Crippen molar-refractivity contribution in [3.8, 4) is 11.1 Å². The summed E-state index contributed by atoms with van der Waals surface area (Å²) in [5.74, 6) is -0.904. The van der Waals surface area contributed by atoms with Crippen LogP contribution >= 0.6 is 0 Å². The van der Waals surface area contributed by atoms with E-state index in [2.05, 4.69) is 11.1 Å². The molecule has 3 nitrogen and oxygen atoms in total. The first-order valence-electron chi connectivity index (χ1n) is 6.06. The molecule has 0 radical (unpaired) electrons. The molecule has 94 valence electrons. The average Bonchev–Trinajstić information content (AvgIpc) is 2.81. The van der Waals surface area contributed by atoms with Crippen molar-refractivity contribution >= 4 is 16.9 Å². The molecule has 2 N–H and O–H groups in total. The van der Waals surface area contributed by atoms with Crippen LogP contribution < -0.4 is 0 Å². The van der Waals surface area contributed by atoms with E-state index in [1.807, 2.05) is 31.3 Å². The number of benzene rings is 2. The lowest BCUT2D eigenvalue weighted by Gasteiger charge is -2.02. The number of aryl methyl sites for hydroxylation is 1. The van der Waals surface area contributed by atoms with Gasteiger partial charge in [0.15, 0.2) is 0 Å². The molecule has 19 heavy (non-hydrogen) atoms. The molecule has 3 heteroatoms. The molecule has 0 saturated heterocycles. The minimum atomic E-state index is -0.904. The number of nitrogens with one attached hydrogen (secondary N) is 1. The zero-order valence-corrected chi connectivity index (χ0v) is 10.5. The molecule has 0 atom stereocenters. The lowest BCUT2D eigenvalue weighted by atomic mass is 10.0. The van der Waals surface area contributed by atoms with Crippen molar-refractivity contribution in [3.63, 3.8) is 0 Å². The predicted molar refractivity (Wildman–Crippen MR) is 75.4 cm³/mol. The van der Waals surface area contributed by atoms with Gasteiger partial charge in [-0.05, 0) is 30.7 Å². The molecule has 0 aliphatic heterocycles. The zero-order chi connectivity index (χ0) is 13.4. The minimum absolute atomic E-state index is 0.306. The number of fused-ring (bicyclic) bond motifs is 1. The summed E-state index contributed by atoms with van der Waals surface area (Å²) in [6.45, 7) is 2.04. The number of rotatable bonds is 2. The first-order valence-corrected chi connectivity index (χ1v) is 6.06. The van der Waals surface area contributed by atoms with Crippen LogP contribution in [0.15, 0.2) is 48.7 Å². The summed E-state index contributed by atoms with van der Waals surface area (Å²) in [6.07, 6.45) is 1.92. The zero-order valence-electron chi connectivity index (χ0n) is 10.5. The first-order chi connectivity index (χ1) is 9.15. The van der Waals surface area contributed by atoms with Gasteiger partial charge in [0.1, 0.15) is 0 Å². The number of carbonyl (C=O) groups is 1. The third-order valence-corrected chi connectivity index (χ3v) is 3.26. The summed E-state index contributed by atoms with van der Waals surface area (Å²) >= 11 is 0. The van der Waals surface area contributed by atoms with Gasteiger partial charge >= 0.3 is 5.97 Å². The number of carboxylic acids is 1. The Labute approximate surface area is 110 Å². The highest BCUT2D eigenvalue weighted by Gasteiger charge is 2.09. The molecule has 3 aromatic rings. The number of aromatic nitrogens is 1. The third-order valence-electron chi connectivity index (χ3n) is 3.26. The fraction of sp³-hybridized carbons (Fsp3) is 0.0625. The lowest BCUT2D eigenvalue weighted by molar-refractivity contribution is 0.0697. The van der Waals surface area contributed by atoms with Crippen LogP contribution in [0.1, 0.15) is 15.9 Å². The smallest absolute Gasteiger partial charge is 0.335 e. The molecule has 0 fully saturated rings. The summed E-state index contributed by atoms with van der Waals surface area (Å²) in [6, 6.07) is 13.3. The maximum Gasteiger partial charge on any atom is 0.335 e. The molecule has 0 unspecified atom stereocenters. The Morgan fingerprint density at radius 1 is 1.16 bits per heavy atom. The lowest BCUT2D eigenvalue weighted by Crippen LogP contribution is -1.94. The summed E-state index contributed by atoms with van der Waals surface area (Å²) in [7, 11) is 0. The molecule has 0 aliphatic carbocycles. The van der Waals surface area contributed by atoms with Gasteiger partial charge in [-0.2, -0.15) is 0 Å². The van der Waals surface area contributed by atoms with E-state index in [1.165, 1.54) is 5.56 Å². The van der Waals surface area contributed by atoms with Gasteiger partial charge < -0.3 is 10.1 Å². The fourth-order valence-corrected chi connectivity index (χ4v) is 2.31. The number of aromatic amines is 1. The standard InChI is InChI=1S/C16H13NO2/c1-10-3-2-4-11(7-10)14-9-17-15-6-5-12(16(18)19)8-13(14)15/h2-9,17H,1H3,(H,18,19). The quantitative estimate of drug-likeness (QED) is 0.727. The van der Waals surface area contributed by atoms with E-state index in [9.17, 15) is 4.79 Å². The van der Waals surface area contributed by atoms with Crippen molar-refractivity contribution in [1.82, 2.24) is 4.98 Å². The summed E-state index contributed by atoms with van der Waals surface area (Å²) in [5, 5.41) is 10.0. The van der Waals surface area contributed by atoms with E-state index in [0.717, 1.165) is 22.0 Å². The van der Waals surface area contributed by atoms with Crippen LogP contribution in [-0.4, -0.2) is 16.1 Å². The van der Waals surface area contributed by atoms with Crippen molar-refractivity contribution in [2.24, 2.45) is 0 Å². The van der Waals surface area contributed by atoms with Crippen molar-refractivity contribution in [2.45, 2.75) is 6.92 Å². The largest absolute Gasteiger partial charge is 0.478 e. The van der Waals surface area contributed by atoms with Crippen LogP contribution in [0.4, 0.5) is 0 Å². The van der Waals surface area contributed by atoms with Gasteiger partial charge in [-0.15, -0.1) is 0 Å². The summed E-state index contributed by atoms with van der Waals surface area (Å²) < 4.78 is 0. The second-order valence-corrected chi connectivity index (χ2v) is 4.64. The van der Waals surface area contributed by atoms with Crippen LogP contribution in [0, 0.1) is 6.92 Å². The molecule has 0 aliphatic rings. The number of hydrogen-bond acceptors (Lipinski definition) is 1. The van der Waals surface area contributed by atoms with Crippen LogP contribution in [0.2, 0.25) is 0 Å². The molecular formula is C16H13NO2. The Morgan fingerprint density at radius 2 is 2.00 bits per heavy atom. The van der Waals surface area contributed by atoms with Crippen LogP contribution in [0.3, 0.4) is 0 Å². The Morgan fingerprint density at radius 3 is 2.74 bits per heavy atom.